The van der Waals surface area contributed by atoms with E-state index in [4.69, 9.17) is 4.42 Å². The molecule has 0 aliphatic heterocycles. The second-order valence-electron chi connectivity index (χ2n) is 3.66. The third kappa shape index (κ3) is 3.17. The Bertz CT molecular complexity index is 567. The van der Waals surface area contributed by atoms with Crippen molar-refractivity contribution in [2.75, 3.05) is 0 Å². The van der Waals surface area contributed by atoms with Gasteiger partial charge in [0.15, 0.2) is 5.78 Å². The molecule has 86 valence electrons. The lowest BCUT2D eigenvalue weighted by Crippen LogP contribution is -1.93. The highest BCUT2D eigenvalue weighted by Crippen LogP contribution is 2.13. The molecule has 0 saturated heterocycles. The molecule has 2 aromatic rings. The van der Waals surface area contributed by atoms with E-state index in [-0.39, 0.29) is 5.78 Å². The highest BCUT2D eigenvalue weighted by atomic mass is 79.9. The van der Waals surface area contributed by atoms with Crippen LogP contribution in [-0.4, -0.2) is 5.78 Å². The van der Waals surface area contributed by atoms with Crippen molar-refractivity contribution in [3.05, 3.63) is 64.0 Å². The number of carbonyl (C=O) groups excluding carboxylic acids is 1. The summed E-state index contributed by atoms with van der Waals surface area (Å²) in [7, 11) is 0. The Morgan fingerprint density at radius 3 is 2.76 bits per heavy atom. The number of halogens is 1. The van der Waals surface area contributed by atoms with Crippen LogP contribution >= 0.6 is 15.9 Å². The average molecular weight is 291 g/mol. The Hall–Kier alpha value is -1.61. The number of hydrogen-bond acceptors (Lipinski definition) is 2. The van der Waals surface area contributed by atoms with Gasteiger partial charge in [-0.25, -0.2) is 0 Å². The van der Waals surface area contributed by atoms with Crippen molar-refractivity contribution in [1.29, 1.82) is 0 Å². The fraction of sp³-hybridized carbons (Fsp3) is 0.0714. The van der Waals surface area contributed by atoms with Crippen LogP contribution in [0.3, 0.4) is 0 Å². The molecule has 0 saturated carbocycles. The van der Waals surface area contributed by atoms with Gasteiger partial charge in [0.1, 0.15) is 11.5 Å². The summed E-state index contributed by atoms with van der Waals surface area (Å²) in [4.78, 5) is 11.8. The predicted octanol–water partition coefficient (Wildman–Crippen LogP) is 4.25. The first-order valence-corrected chi connectivity index (χ1v) is 5.99. The molecular formula is C14H11BrO2. The van der Waals surface area contributed by atoms with Gasteiger partial charge in [-0.2, -0.15) is 0 Å². The highest BCUT2D eigenvalue weighted by molar-refractivity contribution is 9.10. The van der Waals surface area contributed by atoms with E-state index in [0.29, 0.717) is 11.3 Å². The number of allylic oxidation sites excluding steroid dienone is 1. The summed E-state index contributed by atoms with van der Waals surface area (Å²) in [5.41, 5.74) is 0.652. The van der Waals surface area contributed by atoms with Gasteiger partial charge < -0.3 is 4.42 Å². The van der Waals surface area contributed by atoms with Gasteiger partial charge in [0.2, 0.25) is 0 Å². The molecule has 0 unspecified atom stereocenters. The van der Waals surface area contributed by atoms with Crippen LogP contribution in [0.5, 0.6) is 0 Å². The second kappa shape index (κ2) is 5.15. The summed E-state index contributed by atoms with van der Waals surface area (Å²) in [5, 5.41) is 0. The summed E-state index contributed by atoms with van der Waals surface area (Å²) in [6, 6.07) is 11.0. The molecule has 0 radical (unpaired) electrons. The molecule has 0 aliphatic carbocycles. The van der Waals surface area contributed by atoms with Gasteiger partial charge in [0.25, 0.3) is 0 Å². The molecule has 0 bridgehead atoms. The number of benzene rings is 1. The zero-order valence-electron chi connectivity index (χ0n) is 9.31. The lowest BCUT2D eigenvalue weighted by molar-refractivity contribution is 0.104. The Labute approximate surface area is 108 Å². The minimum atomic E-state index is -0.0413. The first kappa shape index (κ1) is 11.9. The minimum absolute atomic E-state index is 0.0413. The quantitative estimate of drug-likeness (QED) is 0.625. The zero-order valence-corrected chi connectivity index (χ0v) is 10.9. The number of carbonyl (C=O) groups is 1. The third-order valence-electron chi connectivity index (χ3n) is 2.27. The first-order chi connectivity index (χ1) is 8.15. The van der Waals surface area contributed by atoms with E-state index in [1.54, 1.807) is 18.2 Å². The molecule has 0 fully saturated rings. The van der Waals surface area contributed by atoms with Gasteiger partial charge in [-0.05, 0) is 43.3 Å². The van der Waals surface area contributed by atoms with E-state index in [2.05, 4.69) is 15.9 Å². The number of aryl methyl sites for hydroxylation is 1. The molecule has 0 N–H and O–H groups in total. The molecule has 0 aliphatic rings. The zero-order chi connectivity index (χ0) is 12.3. The maximum atomic E-state index is 11.8. The Morgan fingerprint density at radius 2 is 2.12 bits per heavy atom. The molecule has 3 heteroatoms. The number of furan rings is 1. The minimum Gasteiger partial charge on any atom is -0.462 e. The molecule has 1 aromatic carbocycles. The van der Waals surface area contributed by atoms with E-state index in [9.17, 15) is 4.79 Å². The van der Waals surface area contributed by atoms with Gasteiger partial charge in [-0.15, -0.1) is 0 Å². The maximum absolute atomic E-state index is 11.8. The Morgan fingerprint density at radius 1 is 1.29 bits per heavy atom. The summed E-state index contributed by atoms with van der Waals surface area (Å²) in [6.45, 7) is 1.87. The fourth-order valence-electron chi connectivity index (χ4n) is 1.44. The predicted molar refractivity (Wildman–Crippen MR) is 71.0 cm³/mol. The molecule has 2 nitrogen and oxygen atoms in total. The normalized spacial score (nSPS) is 10.9. The monoisotopic (exact) mass is 290 g/mol. The number of ketones is 1. The van der Waals surface area contributed by atoms with Crippen LogP contribution < -0.4 is 0 Å². The van der Waals surface area contributed by atoms with Gasteiger partial charge in [0.05, 0.1) is 0 Å². The maximum Gasteiger partial charge on any atom is 0.186 e. The molecule has 17 heavy (non-hydrogen) atoms. The largest absolute Gasteiger partial charge is 0.462 e. The average Bonchev–Trinajstić information content (AvgIpc) is 2.72. The van der Waals surface area contributed by atoms with Crippen molar-refractivity contribution in [1.82, 2.24) is 0 Å². The van der Waals surface area contributed by atoms with Crippen LogP contribution in [0.4, 0.5) is 0 Å². The van der Waals surface area contributed by atoms with Crippen molar-refractivity contribution in [2.45, 2.75) is 6.92 Å². The summed E-state index contributed by atoms with van der Waals surface area (Å²) in [5.74, 6) is 1.48. The van der Waals surface area contributed by atoms with E-state index in [0.717, 1.165) is 10.2 Å². The Balaban J connectivity index is 2.14. The van der Waals surface area contributed by atoms with E-state index in [1.807, 2.05) is 31.2 Å². The van der Waals surface area contributed by atoms with Crippen LogP contribution in [0.25, 0.3) is 6.08 Å². The third-order valence-corrected chi connectivity index (χ3v) is 2.76. The highest BCUT2D eigenvalue weighted by Gasteiger charge is 2.02. The lowest BCUT2D eigenvalue weighted by Gasteiger charge is -1.95. The van der Waals surface area contributed by atoms with Gasteiger partial charge in [-0.1, -0.05) is 28.1 Å². The standard InChI is InChI=1S/C14H11BrO2/c1-10-5-6-13(17-10)7-8-14(16)11-3-2-4-12(15)9-11/h2-9H,1H3. The smallest absolute Gasteiger partial charge is 0.186 e. The van der Waals surface area contributed by atoms with Gasteiger partial charge in [-0.3, -0.25) is 4.79 Å². The lowest BCUT2D eigenvalue weighted by atomic mass is 10.1. The first-order valence-electron chi connectivity index (χ1n) is 5.19. The second-order valence-corrected chi connectivity index (χ2v) is 4.57. The Kier molecular flexibility index (Phi) is 3.59. The van der Waals surface area contributed by atoms with Crippen molar-refractivity contribution in [2.24, 2.45) is 0 Å². The van der Waals surface area contributed by atoms with Crippen LogP contribution in [0.2, 0.25) is 0 Å². The number of hydrogen-bond donors (Lipinski definition) is 0. The molecule has 1 aromatic heterocycles. The van der Waals surface area contributed by atoms with E-state index in [1.165, 1.54) is 6.08 Å². The van der Waals surface area contributed by atoms with Crippen LogP contribution in [0.1, 0.15) is 21.9 Å². The molecule has 2 rings (SSSR count). The van der Waals surface area contributed by atoms with Gasteiger partial charge in [0, 0.05) is 10.0 Å². The molecular weight excluding hydrogens is 280 g/mol. The fourth-order valence-corrected chi connectivity index (χ4v) is 1.84. The summed E-state index contributed by atoms with van der Waals surface area (Å²) < 4.78 is 6.24. The van der Waals surface area contributed by atoms with E-state index >= 15 is 0 Å². The van der Waals surface area contributed by atoms with Crippen LogP contribution in [0, 0.1) is 6.92 Å². The SMILES string of the molecule is Cc1ccc(C=CC(=O)c2cccc(Br)c2)o1. The molecule has 0 atom stereocenters. The molecule has 0 spiro atoms. The molecule has 0 amide bonds. The van der Waals surface area contributed by atoms with Crippen molar-refractivity contribution in [3.8, 4) is 0 Å². The van der Waals surface area contributed by atoms with Crippen molar-refractivity contribution < 1.29 is 9.21 Å². The number of rotatable bonds is 3. The van der Waals surface area contributed by atoms with E-state index < -0.39 is 0 Å². The van der Waals surface area contributed by atoms with Crippen LogP contribution in [-0.2, 0) is 0 Å². The van der Waals surface area contributed by atoms with Crippen LogP contribution in [0.15, 0.2) is 51.4 Å². The summed E-state index contributed by atoms with van der Waals surface area (Å²) in [6.07, 6.45) is 3.19. The van der Waals surface area contributed by atoms with Gasteiger partial charge >= 0.3 is 0 Å². The summed E-state index contributed by atoms with van der Waals surface area (Å²) >= 11 is 3.33. The van der Waals surface area contributed by atoms with Crippen molar-refractivity contribution in [3.63, 3.8) is 0 Å². The topological polar surface area (TPSA) is 30.2 Å². The molecule has 1 heterocycles. The van der Waals surface area contributed by atoms with Crippen molar-refractivity contribution >= 4 is 27.8 Å².